The van der Waals surface area contributed by atoms with Crippen molar-refractivity contribution in [1.29, 1.82) is 5.26 Å². The van der Waals surface area contributed by atoms with Crippen LogP contribution >= 0.6 is 0 Å². The van der Waals surface area contributed by atoms with Crippen LogP contribution in [0.5, 0.6) is 6.01 Å². The van der Waals surface area contributed by atoms with Crippen LogP contribution < -0.4 is 14.5 Å². The average molecular weight is 655 g/mol. The van der Waals surface area contributed by atoms with Gasteiger partial charge in [-0.05, 0) is 63.7 Å². The van der Waals surface area contributed by atoms with Gasteiger partial charge in [0.2, 0.25) is 5.91 Å². The highest BCUT2D eigenvalue weighted by Gasteiger charge is 2.35. The maximum atomic E-state index is 13.4. The minimum absolute atomic E-state index is 0.0257. The van der Waals surface area contributed by atoms with Crippen LogP contribution in [0.15, 0.2) is 36.4 Å². The molecule has 256 valence electrons. The number of nitriles is 1. The van der Waals surface area contributed by atoms with E-state index >= 15 is 0 Å². The highest BCUT2D eigenvalue weighted by Crippen LogP contribution is 2.37. The zero-order valence-electron chi connectivity index (χ0n) is 28.4. The smallest absolute Gasteiger partial charge is 0.318 e. The van der Waals surface area contributed by atoms with Crippen LogP contribution in [0.4, 0.5) is 11.5 Å². The van der Waals surface area contributed by atoms with Gasteiger partial charge in [-0.25, -0.2) is 0 Å². The molecule has 0 spiro atoms. The van der Waals surface area contributed by atoms with E-state index in [4.69, 9.17) is 19.4 Å². The third kappa shape index (κ3) is 7.31. The molecule has 11 nitrogen and oxygen atoms in total. The minimum Gasteiger partial charge on any atom is -0.462 e. The zero-order valence-corrected chi connectivity index (χ0v) is 28.4. The van der Waals surface area contributed by atoms with Crippen molar-refractivity contribution in [2.75, 3.05) is 89.0 Å². The Morgan fingerprint density at radius 1 is 1.04 bits per heavy atom. The van der Waals surface area contributed by atoms with E-state index in [1.807, 2.05) is 11.0 Å². The summed E-state index contributed by atoms with van der Waals surface area (Å²) in [5.74, 6) is 0.896. The largest absolute Gasteiger partial charge is 0.462 e. The number of ether oxygens (including phenoxy) is 2. The van der Waals surface area contributed by atoms with Gasteiger partial charge in [0.15, 0.2) is 0 Å². The molecule has 7 rings (SSSR count). The Morgan fingerprint density at radius 3 is 2.75 bits per heavy atom. The molecule has 1 aromatic carbocycles. The van der Waals surface area contributed by atoms with E-state index < -0.39 is 0 Å². The van der Waals surface area contributed by atoms with Crippen LogP contribution in [0, 0.1) is 11.3 Å². The van der Waals surface area contributed by atoms with Gasteiger partial charge in [0.25, 0.3) is 0 Å². The van der Waals surface area contributed by atoms with Crippen molar-refractivity contribution in [2.45, 2.75) is 69.5 Å². The number of para-hydroxylation sites is 1. The number of piperazine rings is 1. The summed E-state index contributed by atoms with van der Waals surface area (Å²) in [6.45, 7) is 8.46. The molecule has 0 bridgehead atoms. The van der Waals surface area contributed by atoms with E-state index in [1.165, 1.54) is 29.7 Å². The summed E-state index contributed by atoms with van der Waals surface area (Å²) in [7, 11) is 2.16. The molecule has 3 atom stereocenters. The van der Waals surface area contributed by atoms with Crippen LogP contribution in [-0.2, 0) is 28.8 Å². The van der Waals surface area contributed by atoms with Crippen molar-refractivity contribution in [3.8, 4) is 12.1 Å². The number of amides is 1. The number of carbonyl (C=O) groups excluding carboxylic acids is 1. The number of carbonyl (C=O) groups is 1. The molecular weight excluding hydrogens is 604 g/mol. The molecule has 1 aromatic heterocycles. The molecule has 1 aliphatic carbocycles. The van der Waals surface area contributed by atoms with Crippen molar-refractivity contribution in [3.63, 3.8) is 0 Å². The van der Waals surface area contributed by atoms with Gasteiger partial charge in [0.1, 0.15) is 12.4 Å². The van der Waals surface area contributed by atoms with E-state index in [0.29, 0.717) is 44.3 Å². The Morgan fingerprint density at radius 2 is 1.92 bits per heavy atom. The molecule has 0 N–H and O–H groups in total. The van der Waals surface area contributed by atoms with Crippen LogP contribution in [0.2, 0.25) is 0 Å². The summed E-state index contributed by atoms with van der Waals surface area (Å²) >= 11 is 0. The van der Waals surface area contributed by atoms with Crippen LogP contribution in [0.25, 0.3) is 0 Å². The van der Waals surface area contributed by atoms with E-state index in [1.54, 1.807) is 6.08 Å². The topological polar surface area (TPSA) is 101 Å². The van der Waals surface area contributed by atoms with Crippen LogP contribution in [-0.4, -0.2) is 128 Å². The summed E-state index contributed by atoms with van der Waals surface area (Å²) in [6, 6.07) is 12.2. The fraction of sp³-hybridized carbons (Fsp3) is 0.622. The normalized spacial score (nSPS) is 25.2. The molecule has 5 aliphatic rings. The van der Waals surface area contributed by atoms with E-state index in [-0.39, 0.29) is 18.4 Å². The first-order valence-corrected chi connectivity index (χ1v) is 18.0. The summed E-state index contributed by atoms with van der Waals surface area (Å²) in [4.78, 5) is 35.0. The molecule has 3 saturated heterocycles. The van der Waals surface area contributed by atoms with Crippen LogP contribution in [0.1, 0.15) is 48.9 Å². The molecular formula is C37H50N8O3. The summed E-state index contributed by atoms with van der Waals surface area (Å²) in [5.41, 5.74) is 5.08. The van der Waals surface area contributed by atoms with Gasteiger partial charge >= 0.3 is 6.01 Å². The standard InChI is InChI=1S/C37H50N8O3/c1-41-16-5-9-31(41)27-48-37-39-33-25-29(44-18-4-8-28-7-2-3-10-34(28)44)12-13-32(33)36(40-37)43-19-20-45(30(26-43)14-15-38)35(46)11-6-17-42-21-23-47-24-22-42/h2-3,6-7,10-11,29-31H,4-5,8-9,12-14,16-27H2,1H3/b11-6+/t29?,30-,31-/m0/s1. The fourth-order valence-corrected chi connectivity index (χ4v) is 8.25. The predicted molar refractivity (Wildman–Crippen MR) is 185 cm³/mol. The van der Waals surface area contributed by atoms with Crippen molar-refractivity contribution in [1.82, 2.24) is 24.7 Å². The molecule has 3 fully saturated rings. The Hall–Kier alpha value is -3.72. The third-order valence-corrected chi connectivity index (χ3v) is 11.0. The number of anilines is 2. The summed E-state index contributed by atoms with van der Waals surface area (Å²) < 4.78 is 11.8. The van der Waals surface area contributed by atoms with Gasteiger partial charge in [0.05, 0.1) is 37.4 Å². The fourth-order valence-electron chi connectivity index (χ4n) is 8.25. The number of hydrogen-bond donors (Lipinski definition) is 0. The second-order valence-electron chi connectivity index (χ2n) is 14.0. The molecule has 1 unspecified atom stereocenters. The molecule has 4 aliphatic heterocycles. The molecule has 2 aromatic rings. The first kappa shape index (κ1) is 32.8. The van der Waals surface area contributed by atoms with E-state index in [9.17, 15) is 10.1 Å². The maximum absolute atomic E-state index is 13.4. The Kier molecular flexibility index (Phi) is 10.4. The quantitative estimate of drug-likeness (QED) is 0.375. The Balaban J connectivity index is 1.11. The summed E-state index contributed by atoms with van der Waals surface area (Å²) in [5, 5.41) is 9.78. The molecule has 0 radical (unpaired) electrons. The number of aryl methyl sites for hydroxylation is 1. The number of morpholine rings is 1. The monoisotopic (exact) mass is 654 g/mol. The lowest BCUT2D eigenvalue weighted by molar-refractivity contribution is -0.128. The number of likely N-dealkylation sites (tertiary alicyclic amines) is 1. The van der Waals surface area contributed by atoms with Gasteiger partial charge in [-0.15, -0.1) is 0 Å². The van der Waals surface area contributed by atoms with E-state index in [2.05, 4.69) is 57.0 Å². The second kappa shape index (κ2) is 15.2. The third-order valence-electron chi connectivity index (χ3n) is 11.0. The number of benzene rings is 1. The van der Waals surface area contributed by atoms with Crippen molar-refractivity contribution in [3.05, 3.63) is 53.2 Å². The molecule has 1 amide bonds. The predicted octanol–water partition coefficient (Wildman–Crippen LogP) is 3.08. The number of rotatable bonds is 9. The lowest BCUT2D eigenvalue weighted by Crippen LogP contribution is -2.55. The highest BCUT2D eigenvalue weighted by atomic mass is 16.5. The van der Waals surface area contributed by atoms with Gasteiger partial charge in [-0.3, -0.25) is 9.69 Å². The Labute approximate surface area is 285 Å². The summed E-state index contributed by atoms with van der Waals surface area (Å²) in [6.07, 6.45) is 11.3. The number of fused-ring (bicyclic) bond motifs is 2. The first-order valence-electron chi connectivity index (χ1n) is 18.0. The van der Waals surface area contributed by atoms with Gasteiger partial charge in [0, 0.05) is 81.6 Å². The average Bonchev–Trinajstić information content (AvgIpc) is 3.54. The maximum Gasteiger partial charge on any atom is 0.318 e. The molecule has 5 heterocycles. The molecule has 11 heteroatoms. The SMILES string of the molecule is CN1CCC[C@H]1COc1nc2c(c(N3CCN(C(=O)/C=C/CN4CCOCC4)[C@@H](CC#N)C3)n1)CCC(N1CCCc3ccccc31)C2. The zero-order chi connectivity index (χ0) is 32.9. The number of aromatic nitrogens is 2. The Bertz CT molecular complexity index is 1500. The lowest BCUT2D eigenvalue weighted by Gasteiger charge is -2.43. The second-order valence-corrected chi connectivity index (χ2v) is 14.0. The molecule has 0 saturated carbocycles. The lowest BCUT2D eigenvalue weighted by atomic mass is 9.88. The molecule has 48 heavy (non-hydrogen) atoms. The van der Waals surface area contributed by atoms with Gasteiger partial charge in [-0.2, -0.15) is 15.2 Å². The minimum atomic E-state index is -0.215. The van der Waals surface area contributed by atoms with E-state index in [0.717, 1.165) is 89.6 Å². The van der Waals surface area contributed by atoms with Crippen molar-refractivity contribution >= 4 is 17.4 Å². The van der Waals surface area contributed by atoms with Crippen molar-refractivity contribution in [2.24, 2.45) is 0 Å². The van der Waals surface area contributed by atoms with Crippen LogP contribution in [0.3, 0.4) is 0 Å². The number of hydrogen-bond acceptors (Lipinski definition) is 10. The number of nitrogens with zero attached hydrogens (tertiary/aromatic N) is 8. The van der Waals surface area contributed by atoms with Gasteiger partial charge < -0.3 is 29.1 Å². The van der Waals surface area contributed by atoms with Crippen molar-refractivity contribution < 1.29 is 14.3 Å². The first-order chi connectivity index (χ1) is 23.6. The number of likely N-dealkylation sites (N-methyl/N-ethyl adjacent to an activating group) is 1. The highest BCUT2D eigenvalue weighted by molar-refractivity contribution is 5.88. The van der Waals surface area contributed by atoms with Gasteiger partial charge in [-0.1, -0.05) is 24.3 Å².